The van der Waals surface area contributed by atoms with Crippen molar-refractivity contribution in [1.29, 1.82) is 0 Å². The molecule has 1 aromatic rings. The minimum atomic E-state index is -4.37. The van der Waals surface area contributed by atoms with E-state index in [0.29, 0.717) is 22.0 Å². The molecular formula is C15H22N2O7S. The first-order valence-electron chi connectivity index (χ1n) is 7.59. The van der Waals surface area contributed by atoms with E-state index < -0.39 is 28.8 Å². The van der Waals surface area contributed by atoms with Crippen LogP contribution in [0.2, 0.25) is 0 Å². The average molecular weight is 374 g/mol. The molecule has 1 amide bonds. The van der Waals surface area contributed by atoms with E-state index in [0.717, 1.165) is 6.42 Å². The predicted octanol–water partition coefficient (Wildman–Crippen LogP) is 1.35. The summed E-state index contributed by atoms with van der Waals surface area (Å²) in [4.78, 5) is 22.8. The molecule has 0 saturated carbocycles. The number of carbonyl (C=O) groups excluding carboxylic acids is 1. The second-order valence-electron chi connectivity index (χ2n) is 5.04. The summed E-state index contributed by atoms with van der Waals surface area (Å²) >= 11 is 0. The number of hydrogen-bond acceptors (Lipinski definition) is 6. The second-order valence-corrected chi connectivity index (χ2v) is 6.72. The molecule has 2 N–H and O–H groups in total. The summed E-state index contributed by atoms with van der Waals surface area (Å²) < 4.78 is 36.8. The maximum absolute atomic E-state index is 12.3. The van der Waals surface area contributed by atoms with Crippen LogP contribution in [-0.2, 0) is 26.3 Å². The largest absolute Gasteiger partial charge is 0.497 e. The second kappa shape index (κ2) is 9.84. The molecule has 0 radical (unpaired) electrons. The van der Waals surface area contributed by atoms with Gasteiger partial charge in [-0.15, -0.1) is 0 Å². The number of amides is 1. The van der Waals surface area contributed by atoms with Crippen LogP contribution in [0.15, 0.2) is 24.3 Å². The van der Waals surface area contributed by atoms with E-state index in [-0.39, 0.29) is 13.2 Å². The third kappa shape index (κ3) is 6.98. The molecule has 0 aliphatic heterocycles. The molecule has 0 fully saturated rings. The van der Waals surface area contributed by atoms with Crippen molar-refractivity contribution in [3.63, 3.8) is 0 Å². The van der Waals surface area contributed by atoms with Crippen molar-refractivity contribution in [3.05, 3.63) is 29.8 Å². The van der Waals surface area contributed by atoms with Gasteiger partial charge in [0, 0.05) is 0 Å². The van der Waals surface area contributed by atoms with Gasteiger partial charge in [-0.3, -0.25) is 4.79 Å². The first-order valence-corrected chi connectivity index (χ1v) is 9.03. The SMILES string of the molecule is CCCCOC(=O)N(Cc1ccc(OC)cc1)S(=O)(=O)NCC(=O)O. The van der Waals surface area contributed by atoms with Crippen molar-refractivity contribution in [1.82, 2.24) is 9.03 Å². The molecule has 0 aliphatic carbocycles. The molecule has 0 bridgehead atoms. The van der Waals surface area contributed by atoms with E-state index in [2.05, 4.69) is 0 Å². The standard InChI is InChI=1S/C15H22N2O7S/c1-3-4-9-24-15(20)17(25(21,22)16-10-14(18)19)11-12-5-7-13(23-2)8-6-12/h5-8,16H,3-4,9-11H2,1-2H3,(H,18,19). The number of unbranched alkanes of at least 4 members (excludes halogenated alkanes) is 1. The summed E-state index contributed by atoms with van der Waals surface area (Å²) in [5.41, 5.74) is 0.508. The Bertz CT molecular complexity index is 674. The highest BCUT2D eigenvalue weighted by atomic mass is 32.2. The molecule has 10 heteroatoms. The van der Waals surface area contributed by atoms with Crippen molar-refractivity contribution < 1.29 is 32.6 Å². The number of hydrogen-bond donors (Lipinski definition) is 2. The van der Waals surface area contributed by atoms with Crippen LogP contribution in [0, 0.1) is 0 Å². The topological polar surface area (TPSA) is 122 Å². The van der Waals surface area contributed by atoms with Crippen LogP contribution < -0.4 is 9.46 Å². The fourth-order valence-corrected chi connectivity index (χ4v) is 2.78. The molecule has 1 aromatic carbocycles. The lowest BCUT2D eigenvalue weighted by molar-refractivity contribution is -0.135. The highest BCUT2D eigenvalue weighted by Crippen LogP contribution is 2.15. The molecule has 25 heavy (non-hydrogen) atoms. The Balaban J connectivity index is 2.96. The zero-order valence-electron chi connectivity index (χ0n) is 14.1. The van der Waals surface area contributed by atoms with Crippen LogP contribution in [0.1, 0.15) is 25.3 Å². The molecule has 0 aromatic heterocycles. The van der Waals surface area contributed by atoms with Gasteiger partial charge in [0.15, 0.2) is 0 Å². The van der Waals surface area contributed by atoms with Crippen LogP contribution >= 0.6 is 0 Å². The lowest BCUT2D eigenvalue weighted by Crippen LogP contribution is -2.45. The van der Waals surface area contributed by atoms with Gasteiger partial charge in [0.25, 0.3) is 0 Å². The average Bonchev–Trinajstić information content (AvgIpc) is 2.58. The quantitative estimate of drug-likeness (QED) is 0.593. The number of carbonyl (C=O) groups is 2. The Morgan fingerprint density at radius 2 is 1.88 bits per heavy atom. The van der Waals surface area contributed by atoms with E-state index >= 15 is 0 Å². The van der Waals surface area contributed by atoms with E-state index in [9.17, 15) is 18.0 Å². The van der Waals surface area contributed by atoms with Gasteiger partial charge < -0.3 is 14.6 Å². The molecule has 0 heterocycles. The van der Waals surface area contributed by atoms with E-state index in [1.54, 1.807) is 24.3 Å². The highest BCUT2D eigenvalue weighted by molar-refractivity contribution is 7.87. The highest BCUT2D eigenvalue weighted by Gasteiger charge is 2.29. The third-order valence-electron chi connectivity index (χ3n) is 3.11. The molecule has 0 unspecified atom stereocenters. The van der Waals surface area contributed by atoms with Crippen molar-refractivity contribution >= 4 is 22.3 Å². The number of nitrogens with zero attached hydrogens (tertiary/aromatic N) is 1. The number of carboxylic acids is 1. The van der Waals surface area contributed by atoms with E-state index in [1.165, 1.54) is 7.11 Å². The Morgan fingerprint density at radius 3 is 2.40 bits per heavy atom. The van der Waals surface area contributed by atoms with Gasteiger partial charge in [-0.2, -0.15) is 17.4 Å². The van der Waals surface area contributed by atoms with Gasteiger partial charge in [0.1, 0.15) is 12.3 Å². The van der Waals surface area contributed by atoms with Gasteiger partial charge in [0.2, 0.25) is 0 Å². The molecule has 140 valence electrons. The zero-order chi connectivity index (χ0) is 18.9. The zero-order valence-corrected chi connectivity index (χ0v) is 14.9. The lowest BCUT2D eigenvalue weighted by Gasteiger charge is -2.22. The number of benzene rings is 1. The first-order chi connectivity index (χ1) is 11.8. The van der Waals surface area contributed by atoms with Gasteiger partial charge in [-0.1, -0.05) is 25.5 Å². The molecule has 0 atom stereocenters. The van der Waals surface area contributed by atoms with Crippen molar-refractivity contribution in [3.8, 4) is 5.75 Å². The maximum Gasteiger partial charge on any atom is 0.424 e. The fourth-order valence-electron chi connectivity index (χ4n) is 1.75. The third-order valence-corrected chi connectivity index (χ3v) is 4.48. The lowest BCUT2D eigenvalue weighted by atomic mass is 10.2. The van der Waals surface area contributed by atoms with Gasteiger partial charge in [-0.25, -0.2) is 4.79 Å². The summed E-state index contributed by atoms with van der Waals surface area (Å²) in [6, 6.07) is 6.43. The molecular weight excluding hydrogens is 352 g/mol. The van der Waals surface area contributed by atoms with Gasteiger partial charge in [0.05, 0.1) is 20.3 Å². The summed E-state index contributed by atoms with van der Waals surface area (Å²) in [5, 5.41) is 8.64. The number of carboxylic acid groups (broad SMARTS) is 1. The van der Waals surface area contributed by atoms with Crippen molar-refractivity contribution in [2.24, 2.45) is 0 Å². The molecule has 0 saturated heterocycles. The number of aliphatic carboxylic acids is 1. The van der Waals surface area contributed by atoms with Crippen molar-refractivity contribution in [2.75, 3.05) is 20.3 Å². The summed E-state index contributed by atoms with van der Waals surface area (Å²) in [7, 11) is -2.88. The molecule has 0 spiro atoms. The van der Waals surface area contributed by atoms with Crippen LogP contribution in [0.3, 0.4) is 0 Å². The van der Waals surface area contributed by atoms with Crippen LogP contribution in [0.5, 0.6) is 5.75 Å². The Labute approximate surface area is 146 Å². The van der Waals surface area contributed by atoms with Gasteiger partial charge in [-0.05, 0) is 24.1 Å². The normalized spacial score (nSPS) is 11.0. The van der Waals surface area contributed by atoms with Crippen LogP contribution in [0.4, 0.5) is 4.79 Å². The monoisotopic (exact) mass is 374 g/mol. The van der Waals surface area contributed by atoms with Crippen molar-refractivity contribution in [2.45, 2.75) is 26.3 Å². The van der Waals surface area contributed by atoms with Gasteiger partial charge >= 0.3 is 22.3 Å². The molecule has 1 rings (SSSR count). The number of rotatable bonds is 10. The minimum Gasteiger partial charge on any atom is -0.497 e. The summed E-state index contributed by atoms with van der Waals surface area (Å²) in [6.07, 6.45) is 0.294. The molecule has 9 nitrogen and oxygen atoms in total. The van der Waals surface area contributed by atoms with E-state index in [1.807, 2.05) is 11.6 Å². The maximum atomic E-state index is 12.3. The Morgan fingerprint density at radius 1 is 1.24 bits per heavy atom. The smallest absolute Gasteiger partial charge is 0.424 e. The first kappa shape index (κ1) is 20.7. The number of nitrogens with one attached hydrogen (secondary N) is 1. The minimum absolute atomic E-state index is 0.0723. The Hall–Kier alpha value is -2.33. The van der Waals surface area contributed by atoms with Crippen LogP contribution in [-0.4, -0.2) is 50.2 Å². The van der Waals surface area contributed by atoms with E-state index in [4.69, 9.17) is 14.6 Å². The summed E-state index contributed by atoms with van der Waals surface area (Å²) in [5.74, 6) is -0.792. The van der Waals surface area contributed by atoms with Crippen LogP contribution in [0.25, 0.3) is 0 Å². The molecule has 0 aliphatic rings. The number of ether oxygens (including phenoxy) is 2. The fraction of sp³-hybridized carbons (Fsp3) is 0.467. The number of methoxy groups -OCH3 is 1. The predicted molar refractivity (Wildman–Crippen MR) is 89.4 cm³/mol. The Kier molecular flexibility index (Phi) is 8.16. The summed E-state index contributed by atoms with van der Waals surface area (Å²) in [6.45, 7) is 0.824.